The van der Waals surface area contributed by atoms with Crippen molar-refractivity contribution in [1.82, 2.24) is 19.4 Å². The predicted molar refractivity (Wildman–Crippen MR) is 113 cm³/mol. The number of carbonyl (C=O) groups excluding carboxylic acids is 1. The molecule has 9 heteroatoms. The Morgan fingerprint density at radius 3 is 2.71 bits per heavy atom. The molecule has 3 aliphatic rings. The zero-order valence-corrected chi connectivity index (χ0v) is 17.8. The number of aryl methyl sites for hydroxylation is 1. The molecule has 1 unspecified atom stereocenters. The molecular formula is C22H28N4O5. The maximum Gasteiger partial charge on any atom is 0.329 e. The molecule has 1 amide bonds. The summed E-state index contributed by atoms with van der Waals surface area (Å²) in [4.78, 5) is 47.8. The number of likely N-dealkylation sites (tertiary alicyclic amines) is 1. The van der Waals surface area contributed by atoms with Crippen LogP contribution in [0.5, 0.6) is 0 Å². The van der Waals surface area contributed by atoms with Crippen molar-refractivity contribution in [2.24, 2.45) is 5.92 Å². The van der Waals surface area contributed by atoms with Crippen molar-refractivity contribution >= 4 is 16.9 Å². The summed E-state index contributed by atoms with van der Waals surface area (Å²) in [6.07, 6.45) is 4.26. The standard InChI is InChI=1S/C22H28N4O5/c1-2-7-26-18-17(19(27)24-22(26)29)15(11-16(23-18)13-5-6-13)20(28)25-8-3-4-14(12-25)21-30-9-10-31-21/h11,13-14,21H,2-10,12H2,1H3,(H,24,27,29). The number of amides is 1. The minimum absolute atomic E-state index is 0.118. The average Bonchev–Trinajstić information content (AvgIpc) is 3.49. The fourth-order valence-electron chi connectivity index (χ4n) is 4.72. The molecule has 1 N–H and O–H groups in total. The highest BCUT2D eigenvalue weighted by atomic mass is 16.7. The Morgan fingerprint density at radius 2 is 2.00 bits per heavy atom. The second kappa shape index (κ2) is 8.20. The molecule has 2 aliphatic heterocycles. The molecule has 0 aromatic carbocycles. The molecule has 0 bridgehead atoms. The molecule has 0 radical (unpaired) electrons. The first-order valence-electron chi connectivity index (χ1n) is 11.3. The normalized spacial score (nSPS) is 22.4. The van der Waals surface area contributed by atoms with Crippen LogP contribution in [0.1, 0.15) is 61.0 Å². The van der Waals surface area contributed by atoms with Crippen LogP contribution in [0.3, 0.4) is 0 Å². The van der Waals surface area contributed by atoms with Gasteiger partial charge in [-0.05, 0) is 38.2 Å². The summed E-state index contributed by atoms with van der Waals surface area (Å²) in [5.74, 6) is 0.215. The fraction of sp³-hybridized carbons (Fsp3) is 0.636. The highest BCUT2D eigenvalue weighted by Crippen LogP contribution is 2.40. The van der Waals surface area contributed by atoms with Gasteiger partial charge in [-0.25, -0.2) is 9.78 Å². The fourth-order valence-corrected chi connectivity index (χ4v) is 4.72. The summed E-state index contributed by atoms with van der Waals surface area (Å²) in [5.41, 5.74) is 0.418. The second-order valence-electron chi connectivity index (χ2n) is 8.74. The number of aromatic amines is 1. The Morgan fingerprint density at radius 1 is 1.23 bits per heavy atom. The number of carbonyl (C=O) groups is 1. The molecule has 1 aliphatic carbocycles. The van der Waals surface area contributed by atoms with Gasteiger partial charge in [0.2, 0.25) is 0 Å². The lowest BCUT2D eigenvalue weighted by atomic mass is 9.96. The molecule has 1 saturated carbocycles. The van der Waals surface area contributed by atoms with Crippen LogP contribution in [-0.4, -0.2) is 57.9 Å². The van der Waals surface area contributed by atoms with Gasteiger partial charge in [0.1, 0.15) is 0 Å². The number of ether oxygens (including phenoxy) is 2. The molecular weight excluding hydrogens is 400 g/mol. The molecule has 0 spiro atoms. The number of H-pyrrole nitrogens is 1. The summed E-state index contributed by atoms with van der Waals surface area (Å²) >= 11 is 0. The third-order valence-electron chi connectivity index (χ3n) is 6.42. The van der Waals surface area contributed by atoms with Crippen molar-refractivity contribution in [2.45, 2.75) is 57.8 Å². The molecule has 9 nitrogen and oxygen atoms in total. The zero-order chi connectivity index (χ0) is 21.5. The van der Waals surface area contributed by atoms with Gasteiger partial charge in [0.15, 0.2) is 11.9 Å². The monoisotopic (exact) mass is 428 g/mol. The Kier molecular flexibility index (Phi) is 5.39. The van der Waals surface area contributed by atoms with Gasteiger partial charge in [0, 0.05) is 37.2 Å². The van der Waals surface area contributed by atoms with Crippen LogP contribution in [0.25, 0.3) is 11.0 Å². The van der Waals surface area contributed by atoms with Crippen molar-refractivity contribution in [2.75, 3.05) is 26.3 Å². The number of fused-ring (bicyclic) bond motifs is 1. The highest BCUT2D eigenvalue weighted by Gasteiger charge is 2.35. The lowest BCUT2D eigenvalue weighted by Crippen LogP contribution is -2.44. The second-order valence-corrected chi connectivity index (χ2v) is 8.74. The Balaban J connectivity index is 1.58. The van der Waals surface area contributed by atoms with Crippen LogP contribution in [0.15, 0.2) is 15.7 Å². The number of rotatable bonds is 5. The molecule has 2 saturated heterocycles. The van der Waals surface area contributed by atoms with Gasteiger partial charge < -0.3 is 14.4 Å². The van der Waals surface area contributed by atoms with E-state index in [0.29, 0.717) is 44.1 Å². The summed E-state index contributed by atoms with van der Waals surface area (Å²) in [5, 5.41) is 0.206. The van der Waals surface area contributed by atoms with E-state index < -0.39 is 11.2 Å². The van der Waals surface area contributed by atoms with Crippen molar-refractivity contribution < 1.29 is 14.3 Å². The van der Waals surface area contributed by atoms with Crippen LogP contribution in [0.2, 0.25) is 0 Å². The number of aromatic nitrogens is 3. The van der Waals surface area contributed by atoms with Crippen molar-refractivity contribution in [3.63, 3.8) is 0 Å². The van der Waals surface area contributed by atoms with Crippen LogP contribution < -0.4 is 11.2 Å². The predicted octanol–water partition coefficient (Wildman–Crippen LogP) is 1.60. The van der Waals surface area contributed by atoms with E-state index in [2.05, 4.69) is 9.97 Å². The van der Waals surface area contributed by atoms with E-state index in [1.54, 1.807) is 11.0 Å². The van der Waals surface area contributed by atoms with Crippen molar-refractivity contribution in [3.05, 3.63) is 38.2 Å². The SMILES string of the molecule is CCCn1c(=O)[nH]c(=O)c2c(C(=O)N3CCCC(C4OCCO4)C3)cc(C3CC3)nc21. The minimum atomic E-state index is -0.554. The number of hydrogen-bond acceptors (Lipinski definition) is 6. The summed E-state index contributed by atoms with van der Waals surface area (Å²) < 4.78 is 12.8. The number of pyridine rings is 1. The maximum atomic E-state index is 13.7. The smallest absolute Gasteiger partial charge is 0.329 e. The first-order valence-corrected chi connectivity index (χ1v) is 11.3. The zero-order valence-electron chi connectivity index (χ0n) is 17.8. The summed E-state index contributed by atoms with van der Waals surface area (Å²) in [6.45, 7) is 4.71. The molecule has 2 aromatic rings. The Labute approximate surface area is 179 Å². The maximum absolute atomic E-state index is 13.7. The first-order chi connectivity index (χ1) is 15.1. The largest absolute Gasteiger partial charge is 0.350 e. The van der Waals surface area contributed by atoms with Crippen LogP contribution in [-0.2, 0) is 16.0 Å². The van der Waals surface area contributed by atoms with Gasteiger partial charge in [0.05, 0.1) is 24.2 Å². The van der Waals surface area contributed by atoms with Gasteiger partial charge >= 0.3 is 5.69 Å². The highest BCUT2D eigenvalue weighted by molar-refractivity contribution is 6.05. The summed E-state index contributed by atoms with van der Waals surface area (Å²) in [7, 11) is 0. The Hall–Kier alpha value is -2.52. The third kappa shape index (κ3) is 3.80. The minimum Gasteiger partial charge on any atom is -0.350 e. The number of hydrogen-bond donors (Lipinski definition) is 1. The molecule has 5 rings (SSSR count). The Bertz CT molecular complexity index is 1110. The van der Waals surface area contributed by atoms with Gasteiger partial charge in [-0.1, -0.05) is 6.92 Å². The van der Waals surface area contributed by atoms with E-state index in [-0.39, 0.29) is 29.4 Å². The van der Waals surface area contributed by atoms with E-state index in [0.717, 1.165) is 37.8 Å². The molecule has 4 heterocycles. The molecule has 166 valence electrons. The molecule has 1 atom stereocenters. The quantitative estimate of drug-likeness (QED) is 0.775. The first kappa shape index (κ1) is 20.4. The number of nitrogens with zero attached hydrogens (tertiary/aromatic N) is 3. The van der Waals surface area contributed by atoms with E-state index in [1.807, 2.05) is 6.92 Å². The van der Waals surface area contributed by atoms with E-state index >= 15 is 0 Å². The number of piperidine rings is 1. The van der Waals surface area contributed by atoms with Crippen molar-refractivity contribution in [1.29, 1.82) is 0 Å². The van der Waals surface area contributed by atoms with E-state index in [4.69, 9.17) is 9.47 Å². The summed E-state index contributed by atoms with van der Waals surface area (Å²) in [6, 6.07) is 1.77. The molecule has 2 aromatic heterocycles. The van der Waals surface area contributed by atoms with Crippen LogP contribution in [0.4, 0.5) is 0 Å². The lowest BCUT2D eigenvalue weighted by Gasteiger charge is -2.35. The van der Waals surface area contributed by atoms with Crippen LogP contribution >= 0.6 is 0 Å². The van der Waals surface area contributed by atoms with E-state index in [1.165, 1.54) is 4.57 Å². The molecule has 31 heavy (non-hydrogen) atoms. The van der Waals surface area contributed by atoms with Gasteiger partial charge in [-0.15, -0.1) is 0 Å². The van der Waals surface area contributed by atoms with Gasteiger partial charge in [-0.3, -0.25) is 19.1 Å². The topological polar surface area (TPSA) is 107 Å². The van der Waals surface area contributed by atoms with Crippen molar-refractivity contribution in [3.8, 4) is 0 Å². The lowest BCUT2D eigenvalue weighted by molar-refractivity contribution is -0.0969. The molecule has 3 fully saturated rings. The third-order valence-corrected chi connectivity index (χ3v) is 6.42. The average molecular weight is 428 g/mol. The van der Waals surface area contributed by atoms with Gasteiger partial charge in [-0.2, -0.15) is 0 Å². The van der Waals surface area contributed by atoms with Gasteiger partial charge in [0.25, 0.3) is 11.5 Å². The van der Waals surface area contributed by atoms with Crippen LogP contribution in [0, 0.1) is 5.92 Å². The number of nitrogens with one attached hydrogen (secondary N) is 1. The van der Waals surface area contributed by atoms with E-state index in [9.17, 15) is 14.4 Å².